The van der Waals surface area contributed by atoms with Crippen molar-refractivity contribution >= 4 is 16.9 Å². The van der Waals surface area contributed by atoms with Crippen molar-refractivity contribution in [1.82, 2.24) is 19.4 Å². The summed E-state index contributed by atoms with van der Waals surface area (Å²) >= 11 is 0. The van der Waals surface area contributed by atoms with E-state index in [1.807, 2.05) is 31.2 Å². The highest BCUT2D eigenvalue weighted by Gasteiger charge is 2.16. The van der Waals surface area contributed by atoms with Crippen molar-refractivity contribution in [3.63, 3.8) is 0 Å². The molecule has 2 heterocycles. The number of rotatable bonds is 6. The Labute approximate surface area is 147 Å². The van der Waals surface area contributed by atoms with E-state index in [9.17, 15) is 9.59 Å². The molecule has 25 heavy (non-hydrogen) atoms. The summed E-state index contributed by atoms with van der Waals surface area (Å²) in [5.41, 5.74) is 1.66. The molecule has 0 radical (unpaired) electrons. The van der Waals surface area contributed by atoms with Crippen LogP contribution >= 0.6 is 0 Å². The number of amides is 1. The Morgan fingerprint density at radius 3 is 2.64 bits per heavy atom. The van der Waals surface area contributed by atoms with Gasteiger partial charge in [0.15, 0.2) is 0 Å². The van der Waals surface area contributed by atoms with Crippen LogP contribution in [0.2, 0.25) is 0 Å². The molecule has 7 nitrogen and oxygen atoms in total. The monoisotopic (exact) mass is 346 g/mol. The lowest BCUT2D eigenvalue weighted by molar-refractivity contribution is -0.122. The van der Waals surface area contributed by atoms with Crippen molar-refractivity contribution in [2.45, 2.75) is 25.9 Å². The largest absolute Gasteiger partial charge is 0.379 e. The van der Waals surface area contributed by atoms with Gasteiger partial charge in [0.25, 0.3) is 0 Å². The smallest absolute Gasteiger partial charge is 0.328 e. The molecule has 0 unspecified atom stereocenters. The van der Waals surface area contributed by atoms with E-state index < -0.39 is 0 Å². The van der Waals surface area contributed by atoms with Crippen molar-refractivity contribution in [2.24, 2.45) is 7.05 Å². The molecule has 3 rings (SSSR count). The fraction of sp³-hybridized carbons (Fsp3) is 0.556. The van der Waals surface area contributed by atoms with Crippen LogP contribution in [0.5, 0.6) is 0 Å². The van der Waals surface area contributed by atoms with Crippen molar-refractivity contribution < 1.29 is 9.53 Å². The van der Waals surface area contributed by atoms with E-state index in [-0.39, 0.29) is 17.6 Å². The number of nitrogens with one attached hydrogen (secondary N) is 1. The van der Waals surface area contributed by atoms with E-state index in [1.54, 1.807) is 16.2 Å². The summed E-state index contributed by atoms with van der Waals surface area (Å²) in [7, 11) is 1.76. The Hall–Kier alpha value is -2.12. The third-order valence-electron chi connectivity index (χ3n) is 4.66. The number of carbonyl (C=O) groups excluding carboxylic acids is 1. The Balaban J connectivity index is 1.55. The SMILES string of the molecule is C[C@H](CN1CCOCC1)NC(=O)CCn1c(=O)n(C)c2ccccc21. The normalized spacial score (nSPS) is 16.9. The lowest BCUT2D eigenvalue weighted by atomic mass is 10.2. The minimum absolute atomic E-state index is 0.0272. The maximum atomic E-state index is 12.4. The third kappa shape index (κ3) is 4.11. The number of morpholine rings is 1. The molecule has 0 spiro atoms. The van der Waals surface area contributed by atoms with Crippen molar-refractivity contribution in [3.8, 4) is 0 Å². The summed E-state index contributed by atoms with van der Waals surface area (Å²) < 4.78 is 8.62. The van der Waals surface area contributed by atoms with Crippen LogP contribution in [0.15, 0.2) is 29.1 Å². The molecule has 1 amide bonds. The molecule has 1 aliphatic heterocycles. The number of nitrogens with zero attached hydrogens (tertiary/aromatic N) is 3. The fourth-order valence-electron chi connectivity index (χ4n) is 3.36. The third-order valence-corrected chi connectivity index (χ3v) is 4.66. The van der Waals surface area contributed by atoms with Gasteiger partial charge in [-0.15, -0.1) is 0 Å². The fourth-order valence-corrected chi connectivity index (χ4v) is 3.36. The molecule has 1 N–H and O–H groups in total. The van der Waals surface area contributed by atoms with Crippen LogP contribution in [0, 0.1) is 0 Å². The van der Waals surface area contributed by atoms with Crippen LogP contribution in [0.25, 0.3) is 11.0 Å². The average Bonchev–Trinajstić information content (AvgIpc) is 2.85. The van der Waals surface area contributed by atoms with Gasteiger partial charge < -0.3 is 10.1 Å². The first-order valence-corrected chi connectivity index (χ1v) is 8.80. The molecule has 1 atom stereocenters. The minimum Gasteiger partial charge on any atom is -0.379 e. The molecular formula is C18H26N4O3. The lowest BCUT2D eigenvalue weighted by Crippen LogP contribution is -2.46. The van der Waals surface area contributed by atoms with Crippen molar-refractivity contribution in [2.75, 3.05) is 32.8 Å². The Morgan fingerprint density at radius 1 is 1.24 bits per heavy atom. The number of aryl methyl sites for hydroxylation is 2. The molecule has 1 aromatic carbocycles. The van der Waals surface area contributed by atoms with Crippen LogP contribution in [-0.2, 0) is 23.1 Å². The summed E-state index contributed by atoms with van der Waals surface area (Å²) in [4.78, 5) is 26.9. The van der Waals surface area contributed by atoms with E-state index >= 15 is 0 Å². The molecule has 1 fully saturated rings. The highest BCUT2D eigenvalue weighted by molar-refractivity contribution is 5.78. The van der Waals surface area contributed by atoms with Gasteiger partial charge in [0, 0.05) is 45.7 Å². The standard InChI is InChI=1S/C18H26N4O3/c1-14(13-21-9-11-25-12-10-21)19-17(23)7-8-22-16-6-4-3-5-15(16)20(2)18(22)24/h3-6,14H,7-13H2,1-2H3,(H,19,23)/t14-/m1/s1. The van der Waals surface area contributed by atoms with Crippen LogP contribution in [0.1, 0.15) is 13.3 Å². The Kier molecular flexibility index (Phi) is 5.55. The number of fused-ring (bicyclic) bond motifs is 1. The topological polar surface area (TPSA) is 68.5 Å². The quantitative estimate of drug-likeness (QED) is 0.830. The van der Waals surface area contributed by atoms with E-state index in [4.69, 9.17) is 4.74 Å². The average molecular weight is 346 g/mol. The van der Waals surface area contributed by atoms with Gasteiger partial charge in [0.05, 0.1) is 24.2 Å². The van der Waals surface area contributed by atoms with Crippen LogP contribution < -0.4 is 11.0 Å². The van der Waals surface area contributed by atoms with Crippen LogP contribution in [-0.4, -0.2) is 58.8 Å². The van der Waals surface area contributed by atoms with E-state index in [0.717, 1.165) is 43.9 Å². The first-order valence-electron chi connectivity index (χ1n) is 8.80. The van der Waals surface area contributed by atoms with E-state index in [2.05, 4.69) is 10.2 Å². The second-order valence-corrected chi connectivity index (χ2v) is 6.61. The first kappa shape index (κ1) is 17.7. The maximum Gasteiger partial charge on any atom is 0.328 e. The summed E-state index contributed by atoms with van der Waals surface area (Å²) in [6, 6.07) is 7.72. The highest BCUT2D eigenvalue weighted by atomic mass is 16.5. The molecule has 0 saturated carbocycles. The molecule has 1 aromatic heterocycles. The van der Waals surface area contributed by atoms with Crippen molar-refractivity contribution in [1.29, 1.82) is 0 Å². The van der Waals surface area contributed by atoms with Gasteiger partial charge in [0.2, 0.25) is 5.91 Å². The maximum absolute atomic E-state index is 12.4. The first-order chi connectivity index (χ1) is 12.1. The zero-order valence-electron chi connectivity index (χ0n) is 14.9. The predicted molar refractivity (Wildman–Crippen MR) is 96.7 cm³/mol. The Morgan fingerprint density at radius 2 is 1.92 bits per heavy atom. The molecule has 0 bridgehead atoms. The second kappa shape index (κ2) is 7.84. The number of imidazole rings is 1. The molecule has 0 aliphatic carbocycles. The van der Waals surface area contributed by atoms with Crippen LogP contribution in [0.3, 0.4) is 0 Å². The molecule has 136 valence electrons. The van der Waals surface area contributed by atoms with Gasteiger partial charge >= 0.3 is 5.69 Å². The minimum atomic E-state index is -0.0876. The second-order valence-electron chi connectivity index (χ2n) is 6.61. The van der Waals surface area contributed by atoms with Crippen molar-refractivity contribution in [3.05, 3.63) is 34.7 Å². The zero-order chi connectivity index (χ0) is 17.8. The predicted octanol–water partition coefficient (Wildman–Crippen LogP) is 0.567. The summed E-state index contributed by atoms with van der Waals surface area (Å²) in [5, 5.41) is 3.03. The molecule has 7 heteroatoms. The van der Waals surface area contributed by atoms with Gasteiger partial charge in [-0.25, -0.2) is 4.79 Å². The molecular weight excluding hydrogens is 320 g/mol. The van der Waals surface area contributed by atoms with E-state index in [0.29, 0.717) is 13.0 Å². The van der Waals surface area contributed by atoms with Gasteiger partial charge in [-0.2, -0.15) is 0 Å². The van der Waals surface area contributed by atoms with E-state index in [1.165, 1.54) is 0 Å². The van der Waals surface area contributed by atoms with Gasteiger partial charge in [-0.3, -0.25) is 18.8 Å². The summed E-state index contributed by atoms with van der Waals surface area (Å²) in [6.07, 6.45) is 0.293. The van der Waals surface area contributed by atoms with Gasteiger partial charge in [-0.05, 0) is 19.1 Å². The van der Waals surface area contributed by atoms with Gasteiger partial charge in [0.1, 0.15) is 0 Å². The molecule has 1 saturated heterocycles. The summed E-state index contributed by atoms with van der Waals surface area (Å²) in [6.45, 7) is 6.55. The number of benzene rings is 1. The molecule has 2 aromatic rings. The number of hydrogen-bond donors (Lipinski definition) is 1. The van der Waals surface area contributed by atoms with Crippen LogP contribution in [0.4, 0.5) is 0 Å². The summed E-state index contributed by atoms with van der Waals surface area (Å²) in [5.74, 6) is -0.0272. The van der Waals surface area contributed by atoms with Gasteiger partial charge in [-0.1, -0.05) is 12.1 Å². The number of para-hydroxylation sites is 2. The highest BCUT2D eigenvalue weighted by Crippen LogP contribution is 2.11. The number of aromatic nitrogens is 2. The number of ether oxygens (including phenoxy) is 1. The Bertz CT molecular complexity index is 789. The molecule has 1 aliphatic rings. The zero-order valence-corrected chi connectivity index (χ0v) is 14.9. The lowest BCUT2D eigenvalue weighted by Gasteiger charge is -2.29. The number of hydrogen-bond acceptors (Lipinski definition) is 4. The number of carbonyl (C=O) groups is 1.